The summed E-state index contributed by atoms with van der Waals surface area (Å²) in [5, 5.41) is 0.836. The summed E-state index contributed by atoms with van der Waals surface area (Å²) in [5.74, 6) is 0.598. The Morgan fingerprint density at radius 1 is 1.38 bits per heavy atom. The van der Waals surface area contributed by atoms with Crippen molar-refractivity contribution < 1.29 is 9.15 Å². The molecule has 0 radical (unpaired) electrons. The first-order valence-corrected chi connectivity index (χ1v) is 5.40. The number of hydrogen-bond acceptors (Lipinski definition) is 3. The molecule has 0 fully saturated rings. The van der Waals surface area contributed by atoms with Gasteiger partial charge in [-0.3, -0.25) is 0 Å². The normalized spacial score (nSPS) is 12.6. The highest BCUT2D eigenvalue weighted by Gasteiger charge is 2.08. The highest BCUT2D eigenvalue weighted by molar-refractivity contribution is 5.82. The van der Waals surface area contributed by atoms with Crippen LogP contribution in [0.5, 0.6) is 5.75 Å². The molecule has 0 bridgehead atoms. The molecule has 0 saturated heterocycles. The van der Waals surface area contributed by atoms with Gasteiger partial charge in [-0.05, 0) is 25.5 Å². The van der Waals surface area contributed by atoms with Crippen molar-refractivity contribution in [3.8, 4) is 5.75 Å². The standard InChI is InChI=1S/C13H14O3/c1-3-9(2)15-12-8-13(14)16-11-7-5-4-6-10(11)12/h4-9H,3H2,1-2H3/t9-/m1/s1. The number of fused-ring (bicyclic) bond motifs is 1. The van der Waals surface area contributed by atoms with Crippen molar-refractivity contribution in [1.29, 1.82) is 0 Å². The van der Waals surface area contributed by atoms with Gasteiger partial charge in [-0.1, -0.05) is 19.1 Å². The Labute approximate surface area is 93.7 Å². The molecule has 2 rings (SSSR count). The highest BCUT2D eigenvalue weighted by atomic mass is 16.5. The minimum absolute atomic E-state index is 0.0882. The Bertz CT molecular complexity index is 542. The minimum Gasteiger partial charge on any atom is -0.490 e. The van der Waals surface area contributed by atoms with Crippen LogP contribution in [-0.4, -0.2) is 6.10 Å². The second-order valence-electron chi connectivity index (χ2n) is 3.76. The van der Waals surface area contributed by atoms with E-state index >= 15 is 0 Å². The summed E-state index contributed by atoms with van der Waals surface area (Å²) in [4.78, 5) is 11.3. The zero-order valence-electron chi connectivity index (χ0n) is 9.40. The summed E-state index contributed by atoms with van der Waals surface area (Å²) in [6, 6.07) is 8.77. The van der Waals surface area contributed by atoms with Crippen LogP contribution >= 0.6 is 0 Å². The van der Waals surface area contributed by atoms with Crippen molar-refractivity contribution in [2.24, 2.45) is 0 Å². The quantitative estimate of drug-likeness (QED) is 0.743. The molecule has 2 aromatic rings. The molecule has 0 spiro atoms. The fraction of sp³-hybridized carbons (Fsp3) is 0.308. The number of ether oxygens (including phenoxy) is 1. The number of hydrogen-bond donors (Lipinski definition) is 0. The van der Waals surface area contributed by atoms with Crippen LogP contribution in [0.2, 0.25) is 0 Å². The molecule has 1 aromatic heterocycles. The van der Waals surface area contributed by atoms with E-state index in [0.717, 1.165) is 11.8 Å². The maximum Gasteiger partial charge on any atom is 0.339 e. The molecule has 16 heavy (non-hydrogen) atoms. The lowest BCUT2D eigenvalue weighted by Crippen LogP contribution is -2.11. The summed E-state index contributed by atoms with van der Waals surface area (Å²) in [6.07, 6.45) is 0.986. The van der Waals surface area contributed by atoms with E-state index < -0.39 is 0 Å². The van der Waals surface area contributed by atoms with E-state index in [2.05, 4.69) is 0 Å². The molecule has 0 amide bonds. The molecule has 0 saturated carbocycles. The van der Waals surface area contributed by atoms with Crippen molar-refractivity contribution in [2.75, 3.05) is 0 Å². The van der Waals surface area contributed by atoms with Crippen LogP contribution in [0, 0.1) is 0 Å². The Hall–Kier alpha value is -1.77. The Morgan fingerprint density at radius 3 is 2.88 bits per heavy atom. The van der Waals surface area contributed by atoms with E-state index in [0.29, 0.717) is 11.3 Å². The van der Waals surface area contributed by atoms with Gasteiger partial charge in [-0.15, -0.1) is 0 Å². The predicted molar refractivity (Wildman–Crippen MR) is 62.9 cm³/mol. The van der Waals surface area contributed by atoms with Crippen molar-refractivity contribution in [2.45, 2.75) is 26.4 Å². The number of para-hydroxylation sites is 1. The molecule has 3 heteroatoms. The van der Waals surface area contributed by atoms with Gasteiger partial charge in [0.25, 0.3) is 0 Å². The first-order valence-electron chi connectivity index (χ1n) is 5.40. The average molecular weight is 218 g/mol. The van der Waals surface area contributed by atoms with Crippen LogP contribution in [0.3, 0.4) is 0 Å². The maximum atomic E-state index is 11.3. The monoisotopic (exact) mass is 218 g/mol. The molecule has 0 aliphatic carbocycles. The van der Waals surface area contributed by atoms with Crippen LogP contribution in [0.25, 0.3) is 11.0 Å². The van der Waals surface area contributed by atoms with Crippen LogP contribution in [0.15, 0.2) is 39.5 Å². The van der Waals surface area contributed by atoms with Gasteiger partial charge in [0.05, 0.1) is 17.6 Å². The minimum atomic E-state index is -0.378. The molecule has 84 valence electrons. The van der Waals surface area contributed by atoms with Crippen LogP contribution < -0.4 is 10.4 Å². The van der Waals surface area contributed by atoms with Gasteiger partial charge in [0.15, 0.2) is 0 Å². The Balaban J connectivity index is 2.54. The first kappa shape index (κ1) is 10.7. The third kappa shape index (κ3) is 2.08. The van der Waals surface area contributed by atoms with E-state index in [1.165, 1.54) is 6.07 Å². The molecular weight excluding hydrogens is 204 g/mol. The molecule has 0 N–H and O–H groups in total. The fourth-order valence-electron chi connectivity index (χ4n) is 1.48. The Kier molecular flexibility index (Phi) is 2.95. The maximum absolute atomic E-state index is 11.3. The van der Waals surface area contributed by atoms with E-state index in [4.69, 9.17) is 9.15 Å². The summed E-state index contributed by atoms with van der Waals surface area (Å²) in [6.45, 7) is 4.02. The van der Waals surface area contributed by atoms with Gasteiger partial charge in [-0.25, -0.2) is 4.79 Å². The second kappa shape index (κ2) is 4.39. The van der Waals surface area contributed by atoms with E-state index in [1.807, 2.05) is 32.0 Å². The van der Waals surface area contributed by atoms with Gasteiger partial charge in [0.1, 0.15) is 11.3 Å². The van der Waals surface area contributed by atoms with Gasteiger partial charge < -0.3 is 9.15 Å². The van der Waals surface area contributed by atoms with Crippen molar-refractivity contribution in [1.82, 2.24) is 0 Å². The lowest BCUT2D eigenvalue weighted by molar-refractivity contribution is 0.219. The molecule has 0 aliphatic rings. The summed E-state index contributed by atoms with van der Waals surface area (Å²) in [5.41, 5.74) is 0.185. The van der Waals surface area contributed by atoms with Crippen molar-refractivity contribution in [3.05, 3.63) is 40.8 Å². The molecular formula is C13H14O3. The zero-order chi connectivity index (χ0) is 11.5. The van der Waals surface area contributed by atoms with Gasteiger partial charge in [0.2, 0.25) is 0 Å². The first-order chi connectivity index (χ1) is 7.70. The second-order valence-corrected chi connectivity index (χ2v) is 3.76. The molecule has 1 atom stereocenters. The third-order valence-electron chi connectivity index (χ3n) is 2.52. The predicted octanol–water partition coefficient (Wildman–Crippen LogP) is 2.97. The van der Waals surface area contributed by atoms with Gasteiger partial charge in [0, 0.05) is 0 Å². The van der Waals surface area contributed by atoms with E-state index in [-0.39, 0.29) is 11.7 Å². The van der Waals surface area contributed by atoms with Gasteiger partial charge in [-0.2, -0.15) is 0 Å². The summed E-state index contributed by atoms with van der Waals surface area (Å²) >= 11 is 0. The molecule has 1 heterocycles. The lowest BCUT2D eigenvalue weighted by Gasteiger charge is -2.13. The summed E-state index contributed by atoms with van der Waals surface area (Å²) in [7, 11) is 0. The SMILES string of the molecule is CC[C@@H](C)Oc1cc(=O)oc2ccccc12. The number of benzene rings is 1. The zero-order valence-corrected chi connectivity index (χ0v) is 9.40. The molecule has 1 aromatic carbocycles. The van der Waals surface area contributed by atoms with Crippen LogP contribution in [-0.2, 0) is 0 Å². The summed E-state index contributed by atoms with van der Waals surface area (Å²) < 4.78 is 10.8. The largest absolute Gasteiger partial charge is 0.490 e. The fourth-order valence-corrected chi connectivity index (χ4v) is 1.48. The van der Waals surface area contributed by atoms with Crippen molar-refractivity contribution in [3.63, 3.8) is 0 Å². The smallest absolute Gasteiger partial charge is 0.339 e. The van der Waals surface area contributed by atoms with Crippen molar-refractivity contribution >= 4 is 11.0 Å². The lowest BCUT2D eigenvalue weighted by atomic mass is 10.2. The Morgan fingerprint density at radius 2 is 2.12 bits per heavy atom. The van der Waals surface area contributed by atoms with Gasteiger partial charge >= 0.3 is 5.63 Å². The van der Waals surface area contributed by atoms with Crippen LogP contribution in [0.4, 0.5) is 0 Å². The molecule has 0 aliphatic heterocycles. The highest BCUT2D eigenvalue weighted by Crippen LogP contribution is 2.24. The van der Waals surface area contributed by atoms with Crippen LogP contribution in [0.1, 0.15) is 20.3 Å². The molecule has 3 nitrogen and oxygen atoms in total. The van der Waals surface area contributed by atoms with E-state index in [9.17, 15) is 4.79 Å². The number of rotatable bonds is 3. The van der Waals surface area contributed by atoms with E-state index in [1.54, 1.807) is 6.07 Å². The molecule has 0 unspecified atom stereocenters. The third-order valence-corrected chi connectivity index (χ3v) is 2.52. The topological polar surface area (TPSA) is 39.4 Å². The average Bonchev–Trinajstić information content (AvgIpc) is 2.28.